The SMILES string of the molecule is CC(C)(C)[Si](C)(Cc1ccccc1CBr)O[Si](C)(Cc1ccccc1CBr)C(C)(C)C. The highest BCUT2D eigenvalue weighted by Gasteiger charge is 2.51. The summed E-state index contributed by atoms with van der Waals surface area (Å²) in [6.07, 6.45) is 0. The molecule has 0 aliphatic carbocycles. The van der Waals surface area contributed by atoms with Crippen LogP contribution in [-0.2, 0) is 26.9 Å². The molecule has 1 nitrogen and oxygen atoms in total. The molecule has 0 radical (unpaired) electrons. The van der Waals surface area contributed by atoms with Crippen molar-refractivity contribution in [1.29, 1.82) is 0 Å². The second-order valence-corrected chi connectivity index (χ2v) is 21.8. The van der Waals surface area contributed by atoms with Gasteiger partial charge in [-0.05, 0) is 57.5 Å². The van der Waals surface area contributed by atoms with Crippen molar-refractivity contribution < 1.29 is 4.12 Å². The van der Waals surface area contributed by atoms with E-state index in [0.29, 0.717) is 0 Å². The zero-order valence-electron chi connectivity index (χ0n) is 20.6. The average molecular weight is 585 g/mol. The molecule has 0 aliphatic rings. The molecule has 0 aromatic heterocycles. The van der Waals surface area contributed by atoms with Gasteiger partial charge in [-0.3, -0.25) is 0 Å². The summed E-state index contributed by atoms with van der Waals surface area (Å²) in [6.45, 7) is 19.3. The quantitative estimate of drug-likeness (QED) is 0.222. The Hall–Kier alpha value is -0.206. The Morgan fingerprint density at radius 2 is 0.903 bits per heavy atom. The third kappa shape index (κ3) is 6.44. The summed E-state index contributed by atoms with van der Waals surface area (Å²) in [5, 5.41) is 2.07. The minimum atomic E-state index is -2.14. The number of halogens is 2. The van der Waals surface area contributed by atoms with E-state index in [9.17, 15) is 0 Å². The highest BCUT2D eigenvalue weighted by Crippen LogP contribution is 2.47. The lowest BCUT2D eigenvalue weighted by atomic mass is 10.1. The zero-order chi connectivity index (χ0) is 23.5. The van der Waals surface area contributed by atoms with Crippen molar-refractivity contribution >= 4 is 48.5 Å². The summed E-state index contributed by atoms with van der Waals surface area (Å²) < 4.78 is 7.61. The Morgan fingerprint density at radius 1 is 0.613 bits per heavy atom. The molecule has 0 aliphatic heterocycles. The van der Waals surface area contributed by atoms with Gasteiger partial charge in [0, 0.05) is 10.7 Å². The molecule has 0 saturated carbocycles. The van der Waals surface area contributed by atoms with Crippen molar-refractivity contribution in [3.8, 4) is 0 Å². The van der Waals surface area contributed by atoms with Crippen LogP contribution in [0.25, 0.3) is 0 Å². The smallest absolute Gasteiger partial charge is 0.186 e. The van der Waals surface area contributed by atoms with Gasteiger partial charge in [-0.1, -0.05) is 122 Å². The van der Waals surface area contributed by atoms with E-state index in [0.717, 1.165) is 22.7 Å². The maximum absolute atomic E-state index is 7.61. The summed E-state index contributed by atoms with van der Waals surface area (Å²) in [7, 11) is -4.27. The Balaban J connectivity index is 2.51. The first-order valence-corrected chi connectivity index (χ1v) is 18.7. The van der Waals surface area contributed by atoms with Crippen molar-refractivity contribution in [3.63, 3.8) is 0 Å². The summed E-state index contributed by atoms with van der Waals surface area (Å²) in [5.74, 6) is 0. The van der Waals surface area contributed by atoms with Crippen LogP contribution in [0.2, 0.25) is 23.2 Å². The van der Waals surface area contributed by atoms with Gasteiger partial charge in [-0.2, -0.15) is 0 Å². The second kappa shape index (κ2) is 10.4. The Morgan fingerprint density at radius 3 is 1.16 bits per heavy atom. The lowest BCUT2D eigenvalue weighted by Gasteiger charge is -2.51. The van der Waals surface area contributed by atoms with Crippen LogP contribution in [0.5, 0.6) is 0 Å². The lowest BCUT2D eigenvalue weighted by molar-refractivity contribution is 0.431. The maximum atomic E-state index is 7.61. The van der Waals surface area contributed by atoms with Crippen LogP contribution in [0, 0.1) is 0 Å². The van der Waals surface area contributed by atoms with Crippen molar-refractivity contribution in [1.82, 2.24) is 0 Å². The Bertz CT molecular complexity index is 801. The molecule has 0 heterocycles. The molecule has 172 valence electrons. The first-order chi connectivity index (χ1) is 14.3. The predicted molar refractivity (Wildman–Crippen MR) is 149 cm³/mol. The van der Waals surface area contributed by atoms with E-state index in [4.69, 9.17) is 4.12 Å². The molecule has 0 saturated heterocycles. The third-order valence-electron chi connectivity index (χ3n) is 7.20. The van der Waals surface area contributed by atoms with E-state index < -0.39 is 16.6 Å². The van der Waals surface area contributed by atoms with Crippen LogP contribution < -0.4 is 0 Å². The van der Waals surface area contributed by atoms with Crippen molar-refractivity contribution in [2.45, 2.75) is 87.5 Å². The normalized spacial score (nSPS) is 16.6. The van der Waals surface area contributed by atoms with Gasteiger partial charge in [0.25, 0.3) is 0 Å². The number of alkyl halides is 2. The minimum absolute atomic E-state index is 0.140. The minimum Gasteiger partial charge on any atom is -0.454 e. The fraction of sp³-hybridized carbons (Fsp3) is 0.538. The van der Waals surface area contributed by atoms with Crippen LogP contribution in [0.1, 0.15) is 63.8 Å². The molecule has 0 N–H and O–H groups in total. The van der Waals surface area contributed by atoms with E-state index in [-0.39, 0.29) is 10.1 Å². The molecule has 2 rings (SSSR count). The van der Waals surface area contributed by atoms with Crippen LogP contribution >= 0.6 is 31.9 Å². The highest BCUT2D eigenvalue weighted by molar-refractivity contribution is 9.08. The number of rotatable bonds is 8. The topological polar surface area (TPSA) is 9.23 Å². The summed E-state index contributed by atoms with van der Waals surface area (Å²) in [4.78, 5) is 0. The van der Waals surface area contributed by atoms with Crippen LogP contribution in [-0.4, -0.2) is 16.6 Å². The fourth-order valence-electron chi connectivity index (χ4n) is 3.85. The molecule has 0 amide bonds. The molecule has 0 spiro atoms. The molecule has 0 fully saturated rings. The van der Waals surface area contributed by atoms with Crippen molar-refractivity contribution in [2.75, 3.05) is 0 Å². The zero-order valence-corrected chi connectivity index (χ0v) is 25.8. The largest absolute Gasteiger partial charge is 0.454 e. The molecule has 2 aromatic rings. The van der Waals surface area contributed by atoms with E-state index in [2.05, 4.69) is 135 Å². The molecule has 5 heteroatoms. The van der Waals surface area contributed by atoms with Gasteiger partial charge in [0.05, 0.1) is 0 Å². The van der Waals surface area contributed by atoms with Gasteiger partial charge >= 0.3 is 0 Å². The molecule has 0 bridgehead atoms. The van der Waals surface area contributed by atoms with Crippen molar-refractivity contribution in [2.24, 2.45) is 0 Å². The monoisotopic (exact) mass is 582 g/mol. The Kier molecular flexibility index (Phi) is 9.05. The first kappa shape index (κ1) is 27.0. The van der Waals surface area contributed by atoms with Gasteiger partial charge in [0.2, 0.25) is 0 Å². The van der Waals surface area contributed by atoms with Crippen molar-refractivity contribution in [3.05, 3.63) is 70.8 Å². The van der Waals surface area contributed by atoms with Gasteiger partial charge in [0.1, 0.15) is 0 Å². The fourth-order valence-corrected chi connectivity index (χ4v) is 15.2. The lowest BCUT2D eigenvalue weighted by Crippen LogP contribution is -2.59. The molecule has 31 heavy (non-hydrogen) atoms. The first-order valence-electron chi connectivity index (χ1n) is 11.2. The average Bonchev–Trinajstić information content (AvgIpc) is 2.67. The summed E-state index contributed by atoms with van der Waals surface area (Å²) in [6, 6.07) is 19.8. The number of hydrogen-bond acceptors (Lipinski definition) is 1. The maximum Gasteiger partial charge on any atom is 0.186 e. The van der Waals surface area contributed by atoms with Gasteiger partial charge in [0.15, 0.2) is 16.6 Å². The molecule has 2 aromatic carbocycles. The van der Waals surface area contributed by atoms with Crippen LogP contribution in [0.15, 0.2) is 48.5 Å². The van der Waals surface area contributed by atoms with Gasteiger partial charge in [-0.15, -0.1) is 0 Å². The second-order valence-electron chi connectivity index (χ2n) is 11.2. The standard InChI is InChI=1S/C26H40Br2OSi2/c1-25(2,3)30(7,19-23-15-11-9-13-21(23)17-27)29-31(8,26(4,5)6)20-24-16-12-10-14-22(24)18-28/h9-16H,17-20H2,1-8H3. The molecular formula is C26H40Br2OSi2. The van der Waals surface area contributed by atoms with Crippen LogP contribution in [0.4, 0.5) is 0 Å². The molecular weight excluding hydrogens is 544 g/mol. The van der Waals surface area contributed by atoms with E-state index in [1.807, 2.05) is 0 Å². The molecule has 2 unspecified atom stereocenters. The van der Waals surface area contributed by atoms with E-state index in [1.54, 1.807) is 0 Å². The van der Waals surface area contributed by atoms with Gasteiger partial charge in [-0.25, -0.2) is 0 Å². The third-order valence-corrected chi connectivity index (χ3v) is 20.5. The number of hydrogen-bond donors (Lipinski definition) is 0. The van der Waals surface area contributed by atoms with E-state index in [1.165, 1.54) is 22.3 Å². The number of benzene rings is 2. The summed E-state index contributed by atoms with van der Waals surface area (Å²) >= 11 is 7.40. The van der Waals surface area contributed by atoms with E-state index >= 15 is 0 Å². The predicted octanol–water partition coefficient (Wildman–Crippen LogP) is 9.11. The van der Waals surface area contributed by atoms with Crippen LogP contribution in [0.3, 0.4) is 0 Å². The summed E-state index contributed by atoms with van der Waals surface area (Å²) in [5.41, 5.74) is 5.65. The Labute approximate surface area is 209 Å². The molecule has 2 atom stereocenters. The van der Waals surface area contributed by atoms with Gasteiger partial charge < -0.3 is 4.12 Å². The highest BCUT2D eigenvalue weighted by atomic mass is 79.9.